The molecule has 0 radical (unpaired) electrons. The molecule has 0 aliphatic heterocycles. The number of nitrogens with zero attached hydrogens (tertiary/aromatic N) is 1. The van der Waals surface area contributed by atoms with Gasteiger partial charge in [0.25, 0.3) is 11.5 Å². The quantitative estimate of drug-likeness (QED) is 0.900. The zero-order chi connectivity index (χ0) is 14.7. The number of aromatic amines is 1. The second kappa shape index (κ2) is 6.22. The van der Waals surface area contributed by atoms with Crippen molar-refractivity contribution in [2.24, 2.45) is 0 Å². The van der Waals surface area contributed by atoms with Crippen LogP contribution in [0.3, 0.4) is 0 Å². The molecule has 0 spiro atoms. The molecule has 0 aromatic carbocycles. The van der Waals surface area contributed by atoms with Gasteiger partial charge in [0.1, 0.15) is 0 Å². The van der Waals surface area contributed by atoms with Gasteiger partial charge in [0, 0.05) is 11.3 Å². The van der Waals surface area contributed by atoms with Crippen molar-refractivity contribution >= 4 is 17.5 Å². The van der Waals surface area contributed by atoms with Gasteiger partial charge in [-0.2, -0.15) is 5.10 Å². The number of aromatic nitrogens is 2. The molecule has 2 N–H and O–H groups in total. The number of carbonyl (C=O) groups excluding carboxylic acids is 1. The second-order valence-corrected chi connectivity index (χ2v) is 5.58. The van der Waals surface area contributed by atoms with E-state index in [9.17, 15) is 9.59 Å². The molecular weight excluding hydrogens is 278 g/mol. The minimum absolute atomic E-state index is 0.0508. The molecule has 0 saturated heterocycles. The van der Waals surface area contributed by atoms with Gasteiger partial charge in [0.2, 0.25) is 0 Å². The van der Waals surface area contributed by atoms with E-state index in [0.29, 0.717) is 11.3 Å². The second-order valence-electron chi connectivity index (χ2n) is 5.20. The predicted octanol–water partition coefficient (Wildman–Crippen LogP) is 2.73. The molecule has 20 heavy (non-hydrogen) atoms. The summed E-state index contributed by atoms with van der Waals surface area (Å²) in [4.78, 5) is 24.0. The van der Waals surface area contributed by atoms with Gasteiger partial charge in [0.05, 0.1) is 5.02 Å². The summed E-state index contributed by atoms with van der Waals surface area (Å²) in [5.41, 5.74) is 0.745. The van der Waals surface area contributed by atoms with Gasteiger partial charge < -0.3 is 5.32 Å². The minimum atomic E-state index is -0.448. The number of halogens is 1. The van der Waals surface area contributed by atoms with Gasteiger partial charge >= 0.3 is 0 Å². The molecule has 1 aromatic rings. The largest absolute Gasteiger partial charge is 0.325 e. The standard InChI is InChI=1S/C14H18ClN3O2/c1-8(2)16-14(20)12-11(15)10(13(19)18-17-12)9-6-4-3-5-7-9/h9H,1,3-7H2,2H3,(H,16,20)(H,18,19). The number of carbonyl (C=O) groups is 1. The van der Waals surface area contributed by atoms with Gasteiger partial charge in [-0.05, 0) is 25.7 Å². The van der Waals surface area contributed by atoms with Crippen molar-refractivity contribution in [2.75, 3.05) is 0 Å². The van der Waals surface area contributed by atoms with Crippen molar-refractivity contribution < 1.29 is 4.79 Å². The van der Waals surface area contributed by atoms with Crippen molar-refractivity contribution in [3.8, 4) is 0 Å². The summed E-state index contributed by atoms with van der Waals surface area (Å²) in [6.07, 6.45) is 5.19. The first kappa shape index (κ1) is 14.8. The number of nitrogens with one attached hydrogen (secondary N) is 2. The van der Waals surface area contributed by atoms with Crippen LogP contribution >= 0.6 is 11.6 Å². The molecule has 108 valence electrons. The molecule has 1 saturated carbocycles. The predicted molar refractivity (Wildman–Crippen MR) is 78.0 cm³/mol. The summed E-state index contributed by atoms with van der Waals surface area (Å²) in [6.45, 7) is 5.27. The lowest BCUT2D eigenvalue weighted by Crippen LogP contribution is -2.28. The molecule has 1 heterocycles. The van der Waals surface area contributed by atoms with E-state index in [0.717, 1.165) is 25.7 Å². The van der Waals surface area contributed by atoms with E-state index < -0.39 is 5.91 Å². The van der Waals surface area contributed by atoms with E-state index in [2.05, 4.69) is 22.1 Å². The summed E-state index contributed by atoms with van der Waals surface area (Å²) in [5.74, 6) is -0.338. The van der Waals surface area contributed by atoms with E-state index in [1.165, 1.54) is 6.42 Å². The number of H-pyrrole nitrogens is 1. The van der Waals surface area contributed by atoms with Gasteiger partial charge in [-0.25, -0.2) is 5.10 Å². The van der Waals surface area contributed by atoms with Crippen LogP contribution in [0.25, 0.3) is 0 Å². The fourth-order valence-corrected chi connectivity index (χ4v) is 2.97. The first-order chi connectivity index (χ1) is 9.50. The number of allylic oxidation sites excluding steroid dienone is 1. The van der Waals surface area contributed by atoms with Gasteiger partial charge in [0.15, 0.2) is 5.69 Å². The monoisotopic (exact) mass is 295 g/mol. The maximum Gasteiger partial charge on any atom is 0.277 e. The normalized spacial score (nSPS) is 15.9. The van der Waals surface area contributed by atoms with E-state index >= 15 is 0 Å². The fraction of sp³-hybridized carbons (Fsp3) is 0.500. The topological polar surface area (TPSA) is 74.8 Å². The number of hydrogen-bond donors (Lipinski definition) is 2. The van der Waals surface area contributed by atoms with Crippen LogP contribution in [-0.4, -0.2) is 16.1 Å². The van der Waals surface area contributed by atoms with Gasteiger partial charge in [-0.15, -0.1) is 0 Å². The van der Waals surface area contributed by atoms with Crippen LogP contribution in [0, 0.1) is 0 Å². The zero-order valence-corrected chi connectivity index (χ0v) is 12.2. The van der Waals surface area contributed by atoms with Crippen molar-refractivity contribution in [1.29, 1.82) is 0 Å². The van der Waals surface area contributed by atoms with Crippen LogP contribution in [-0.2, 0) is 0 Å². The molecule has 0 bridgehead atoms. The molecule has 5 nitrogen and oxygen atoms in total. The molecule has 2 rings (SSSR count). The average Bonchev–Trinajstić information content (AvgIpc) is 2.39. The molecule has 1 amide bonds. The van der Waals surface area contributed by atoms with E-state index in [1.807, 2.05) is 0 Å². The minimum Gasteiger partial charge on any atom is -0.325 e. The average molecular weight is 296 g/mol. The Morgan fingerprint density at radius 1 is 1.40 bits per heavy atom. The summed E-state index contributed by atoms with van der Waals surface area (Å²) in [7, 11) is 0. The third-order valence-corrected chi connectivity index (χ3v) is 3.90. The van der Waals surface area contributed by atoms with Crippen LogP contribution < -0.4 is 10.9 Å². The van der Waals surface area contributed by atoms with E-state index in [4.69, 9.17) is 11.6 Å². The number of hydrogen-bond acceptors (Lipinski definition) is 3. The maximum absolute atomic E-state index is 12.0. The highest BCUT2D eigenvalue weighted by atomic mass is 35.5. The van der Waals surface area contributed by atoms with Gasteiger partial charge in [-0.1, -0.05) is 37.4 Å². The summed E-state index contributed by atoms with van der Waals surface area (Å²) >= 11 is 6.25. The van der Waals surface area contributed by atoms with E-state index in [-0.39, 0.29) is 22.2 Å². The molecule has 0 atom stereocenters. The Hall–Kier alpha value is -1.62. The Morgan fingerprint density at radius 2 is 2.05 bits per heavy atom. The third-order valence-electron chi connectivity index (χ3n) is 3.51. The van der Waals surface area contributed by atoms with Crippen molar-refractivity contribution in [1.82, 2.24) is 15.5 Å². The van der Waals surface area contributed by atoms with Crippen LogP contribution in [0.15, 0.2) is 17.1 Å². The molecule has 1 aliphatic rings. The van der Waals surface area contributed by atoms with Crippen molar-refractivity contribution in [2.45, 2.75) is 44.9 Å². The van der Waals surface area contributed by atoms with Crippen LogP contribution in [0.5, 0.6) is 0 Å². The highest BCUT2D eigenvalue weighted by Gasteiger charge is 2.25. The Balaban J connectivity index is 2.39. The molecule has 0 unspecified atom stereocenters. The summed E-state index contributed by atoms with van der Waals surface area (Å²) < 4.78 is 0. The third kappa shape index (κ3) is 3.10. The molecule has 6 heteroatoms. The lowest BCUT2D eigenvalue weighted by molar-refractivity contribution is 0.0960. The molecule has 1 fully saturated rings. The van der Waals surface area contributed by atoms with Crippen LogP contribution in [0.1, 0.15) is 61.0 Å². The first-order valence-corrected chi connectivity index (χ1v) is 7.13. The summed E-state index contributed by atoms with van der Waals surface area (Å²) in [6, 6.07) is 0. The molecule has 1 aromatic heterocycles. The number of amides is 1. The van der Waals surface area contributed by atoms with E-state index in [1.54, 1.807) is 6.92 Å². The van der Waals surface area contributed by atoms with Crippen molar-refractivity contribution in [3.63, 3.8) is 0 Å². The molecular formula is C14H18ClN3O2. The lowest BCUT2D eigenvalue weighted by Gasteiger charge is -2.22. The van der Waals surface area contributed by atoms with Crippen LogP contribution in [0.2, 0.25) is 5.02 Å². The molecule has 1 aliphatic carbocycles. The Kier molecular flexibility index (Phi) is 4.60. The highest BCUT2D eigenvalue weighted by molar-refractivity contribution is 6.34. The lowest BCUT2D eigenvalue weighted by atomic mass is 9.84. The maximum atomic E-state index is 12.0. The number of rotatable bonds is 3. The van der Waals surface area contributed by atoms with Crippen LogP contribution in [0.4, 0.5) is 0 Å². The Labute approximate surface area is 122 Å². The Bertz CT molecular complexity index is 589. The van der Waals surface area contributed by atoms with Crippen molar-refractivity contribution in [3.05, 3.63) is 38.9 Å². The first-order valence-electron chi connectivity index (χ1n) is 6.75. The fourth-order valence-electron chi connectivity index (χ4n) is 2.60. The van der Waals surface area contributed by atoms with Gasteiger partial charge in [-0.3, -0.25) is 9.59 Å². The highest BCUT2D eigenvalue weighted by Crippen LogP contribution is 2.34. The Morgan fingerprint density at radius 3 is 2.65 bits per heavy atom. The zero-order valence-electron chi connectivity index (χ0n) is 11.5. The summed E-state index contributed by atoms with van der Waals surface area (Å²) in [5, 5.41) is 8.86. The smallest absolute Gasteiger partial charge is 0.277 e. The SMILES string of the molecule is C=C(C)NC(=O)c1n[nH]c(=O)c(C2CCCCC2)c1Cl.